The molecular formula is C12H13N3O. The highest BCUT2D eigenvalue weighted by Crippen LogP contribution is 2.06. The van der Waals surface area contributed by atoms with Gasteiger partial charge in [-0.05, 0) is 13.8 Å². The third-order valence-corrected chi connectivity index (χ3v) is 2.50. The van der Waals surface area contributed by atoms with Crippen molar-refractivity contribution < 1.29 is 4.79 Å². The first kappa shape index (κ1) is 10.5. The molecule has 1 aromatic carbocycles. The highest BCUT2D eigenvalue weighted by molar-refractivity contribution is 5.95. The lowest BCUT2D eigenvalue weighted by molar-refractivity contribution is 0.0971. The zero-order valence-electron chi connectivity index (χ0n) is 9.34. The minimum Gasteiger partial charge on any atom is -0.310 e. The maximum atomic E-state index is 11.9. The van der Waals surface area contributed by atoms with Crippen LogP contribution in [0.3, 0.4) is 0 Å². The fourth-order valence-corrected chi connectivity index (χ4v) is 1.45. The Labute approximate surface area is 93.9 Å². The number of ketones is 1. The predicted octanol–water partition coefficient (Wildman–Crippen LogP) is 1.78. The Hall–Kier alpha value is -1.97. The van der Waals surface area contributed by atoms with E-state index in [1.54, 1.807) is 10.9 Å². The first-order valence-electron chi connectivity index (χ1n) is 5.11. The maximum Gasteiger partial charge on any atom is 0.182 e. The third kappa shape index (κ3) is 2.16. The van der Waals surface area contributed by atoms with Crippen molar-refractivity contribution in [2.45, 2.75) is 20.4 Å². The van der Waals surface area contributed by atoms with Gasteiger partial charge in [0, 0.05) is 5.56 Å². The van der Waals surface area contributed by atoms with E-state index in [-0.39, 0.29) is 5.78 Å². The molecule has 0 bridgehead atoms. The lowest BCUT2D eigenvalue weighted by Gasteiger charge is -2.03. The highest BCUT2D eigenvalue weighted by atomic mass is 16.1. The first-order valence-corrected chi connectivity index (χ1v) is 5.11. The number of carbonyl (C=O) groups excluding carboxylic acids is 1. The van der Waals surface area contributed by atoms with Crippen LogP contribution in [-0.4, -0.2) is 20.5 Å². The summed E-state index contributed by atoms with van der Waals surface area (Å²) in [6.45, 7) is 4.12. The van der Waals surface area contributed by atoms with Crippen molar-refractivity contribution in [2.24, 2.45) is 0 Å². The number of carbonyl (C=O) groups is 1. The van der Waals surface area contributed by atoms with E-state index in [0.29, 0.717) is 6.54 Å². The standard InChI is InChI=1S/C12H13N3O/c1-9-3-5-11(6-4-9)12(16)7-15-8-13-14-10(15)2/h3-6,8H,7H2,1-2H3. The molecule has 4 heteroatoms. The van der Waals surface area contributed by atoms with Crippen molar-refractivity contribution >= 4 is 5.78 Å². The van der Waals surface area contributed by atoms with Gasteiger partial charge >= 0.3 is 0 Å². The molecule has 0 aliphatic rings. The van der Waals surface area contributed by atoms with Crippen LogP contribution in [0.25, 0.3) is 0 Å². The highest BCUT2D eigenvalue weighted by Gasteiger charge is 2.08. The number of benzene rings is 1. The summed E-state index contributed by atoms with van der Waals surface area (Å²) in [6, 6.07) is 7.56. The Balaban J connectivity index is 2.15. The molecule has 82 valence electrons. The summed E-state index contributed by atoms with van der Waals surface area (Å²) in [6.07, 6.45) is 1.57. The van der Waals surface area contributed by atoms with Gasteiger partial charge < -0.3 is 4.57 Å². The summed E-state index contributed by atoms with van der Waals surface area (Å²) < 4.78 is 1.74. The maximum absolute atomic E-state index is 11.9. The van der Waals surface area contributed by atoms with E-state index in [9.17, 15) is 4.79 Å². The summed E-state index contributed by atoms with van der Waals surface area (Å²) in [5.74, 6) is 0.823. The summed E-state index contributed by atoms with van der Waals surface area (Å²) in [5, 5.41) is 7.58. The molecule has 2 aromatic rings. The van der Waals surface area contributed by atoms with Crippen LogP contribution in [0.15, 0.2) is 30.6 Å². The van der Waals surface area contributed by atoms with Gasteiger partial charge in [0.1, 0.15) is 12.2 Å². The number of hydrogen-bond acceptors (Lipinski definition) is 3. The van der Waals surface area contributed by atoms with E-state index in [0.717, 1.165) is 17.0 Å². The minimum absolute atomic E-state index is 0.0721. The molecule has 0 aliphatic heterocycles. The molecule has 1 heterocycles. The molecule has 0 unspecified atom stereocenters. The van der Waals surface area contributed by atoms with Crippen LogP contribution >= 0.6 is 0 Å². The largest absolute Gasteiger partial charge is 0.310 e. The zero-order chi connectivity index (χ0) is 11.5. The molecule has 0 fully saturated rings. The van der Waals surface area contributed by atoms with E-state index >= 15 is 0 Å². The van der Waals surface area contributed by atoms with Gasteiger partial charge in [-0.2, -0.15) is 0 Å². The summed E-state index contributed by atoms with van der Waals surface area (Å²) in [5.41, 5.74) is 1.87. The quantitative estimate of drug-likeness (QED) is 0.733. The molecule has 0 radical (unpaired) electrons. The third-order valence-electron chi connectivity index (χ3n) is 2.50. The van der Waals surface area contributed by atoms with Crippen molar-refractivity contribution in [1.82, 2.24) is 14.8 Å². The van der Waals surface area contributed by atoms with Crippen LogP contribution in [0.5, 0.6) is 0 Å². The molecule has 1 aromatic heterocycles. The van der Waals surface area contributed by atoms with Gasteiger partial charge in [-0.25, -0.2) is 0 Å². The lowest BCUT2D eigenvalue weighted by atomic mass is 10.1. The van der Waals surface area contributed by atoms with E-state index in [1.165, 1.54) is 0 Å². The minimum atomic E-state index is 0.0721. The average molecular weight is 215 g/mol. The molecule has 0 saturated heterocycles. The molecule has 0 aliphatic carbocycles. The van der Waals surface area contributed by atoms with E-state index in [2.05, 4.69) is 10.2 Å². The van der Waals surface area contributed by atoms with Crippen molar-refractivity contribution in [1.29, 1.82) is 0 Å². The zero-order valence-corrected chi connectivity index (χ0v) is 9.34. The summed E-state index contributed by atoms with van der Waals surface area (Å²) >= 11 is 0. The van der Waals surface area contributed by atoms with Gasteiger partial charge in [0.2, 0.25) is 0 Å². The fraction of sp³-hybridized carbons (Fsp3) is 0.250. The topological polar surface area (TPSA) is 47.8 Å². The number of aryl methyl sites for hydroxylation is 2. The van der Waals surface area contributed by atoms with Crippen LogP contribution in [0, 0.1) is 13.8 Å². The van der Waals surface area contributed by atoms with Crippen LogP contribution in [0.4, 0.5) is 0 Å². The second-order valence-corrected chi connectivity index (χ2v) is 3.80. The van der Waals surface area contributed by atoms with Crippen LogP contribution in [0.2, 0.25) is 0 Å². The number of aromatic nitrogens is 3. The molecular weight excluding hydrogens is 202 g/mol. The smallest absolute Gasteiger partial charge is 0.182 e. The van der Waals surface area contributed by atoms with Gasteiger partial charge in [0.05, 0.1) is 6.54 Å². The molecule has 0 amide bonds. The summed E-state index contributed by atoms with van der Waals surface area (Å²) in [4.78, 5) is 11.9. The van der Waals surface area contributed by atoms with Crippen LogP contribution in [0.1, 0.15) is 21.7 Å². The molecule has 0 atom stereocenters. The van der Waals surface area contributed by atoms with Gasteiger partial charge in [0.15, 0.2) is 5.78 Å². The lowest BCUT2D eigenvalue weighted by Crippen LogP contribution is -2.10. The number of hydrogen-bond donors (Lipinski definition) is 0. The Morgan fingerprint density at radius 2 is 1.94 bits per heavy atom. The van der Waals surface area contributed by atoms with Crippen molar-refractivity contribution in [3.05, 3.63) is 47.5 Å². The Morgan fingerprint density at radius 3 is 2.50 bits per heavy atom. The second kappa shape index (κ2) is 4.26. The predicted molar refractivity (Wildman–Crippen MR) is 60.3 cm³/mol. The normalized spacial score (nSPS) is 10.4. The van der Waals surface area contributed by atoms with Crippen LogP contribution < -0.4 is 0 Å². The molecule has 16 heavy (non-hydrogen) atoms. The van der Waals surface area contributed by atoms with Crippen molar-refractivity contribution in [2.75, 3.05) is 0 Å². The van der Waals surface area contributed by atoms with Crippen molar-refractivity contribution in [3.63, 3.8) is 0 Å². The van der Waals surface area contributed by atoms with E-state index in [4.69, 9.17) is 0 Å². The van der Waals surface area contributed by atoms with Gasteiger partial charge in [-0.15, -0.1) is 10.2 Å². The molecule has 0 saturated carbocycles. The Bertz CT molecular complexity index is 499. The second-order valence-electron chi connectivity index (χ2n) is 3.80. The van der Waals surface area contributed by atoms with Gasteiger partial charge in [-0.3, -0.25) is 4.79 Å². The number of rotatable bonds is 3. The molecule has 0 spiro atoms. The Morgan fingerprint density at radius 1 is 1.25 bits per heavy atom. The molecule has 4 nitrogen and oxygen atoms in total. The number of Topliss-reactive ketones (excluding diaryl/α,β-unsaturated/α-hetero) is 1. The SMILES string of the molecule is Cc1ccc(C(=O)Cn2cnnc2C)cc1. The first-order chi connectivity index (χ1) is 7.66. The van der Waals surface area contributed by atoms with E-state index in [1.807, 2.05) is 38.1 Å². The Kier molecular flexibility index (Phi) is 2.81. The van der Waals surface area contributed by atoms with E-state index < -0.39 is 0 Å². The monoisotopic (exact) mass is 215 g/mol. The van der Waals surface area contributed by atoms with Gasteiger partial charge in [-0.1, -0.05) is 29.8 Å². The molecule has 2 rings (SSSR count). The van der Waals surface area contributed by atoms with Crippen molar-refractivity contribution in [3.8, 4) is 0 Å². The van der Waals surface area contributed by atoms with Gasteiger partial charge in [0.25, 0.3) is 0 Å². The van der Waals surface area contributed by atoms with Crippen LogP contribution in [-0.2, 0) is 6.54 Å². The number of nitrogens with zero attached hydrogens (tertiary/aromatic N) is 3. The molecule has 0 N–H and O–H groups in total. The fourth-order valence-electron chi connectivity index (χ4n) is 1.45. The average Bonchev–Trinajstić information content (AvgIpc) is 2.65. The summed E-state index contributed by atoms with van der Waals surface area (Å²) in [7, 11) is 0.